The standard InChI is InChI=1S/C19H33N7O7/c20-6-2-1-4-11(24-16(29)10-5-3-7-23-10)17(30)25-12(8-14(21)27)18(31)26-13(19(32)33)9-15(22)28/h10-13,23H,1-9,20H2,(H2,21,27)(H2,22,28)(H,24,29)(H,25,30)(H,26,31)(H,32,33). The van der Waals surface area contributed by atoms with E-state index < -0.39 is 66.6 Å². The first kappa shape index (κ1) is 27.8. The topological polar surface area (TPSA) is 249 Å². The summed E-state index contributed by atoms with van der Waals surface area (Å²) in [6.07, 6.45) is 1.45. The number of hydrogen-bond donors (Lipinski definition) is 8. The van der Waals surface area contributed by atoms with Crippen LogP contribution in [0.15, 0.2) is 0 Å². The number of amides is 5. The van der Waals surface area contributed by atoms with Crippen LogP contribution in [0.25, 0.3) is 0 Å². The fourth-order valence-electron chi connectivity index (χ4n) is 3.30. The van der Waals surface area contributed by atoms with Gasteiger partial charge in [-0.25, -0.2) is 4.79 Å². The zero-order valence-corrected chi connectivity index (χ0v) is 18.3. The molecule has 0 aromatic carbocycles. The van der Waals surface area contributed by atoms with Crippen molar-refractivity contribution in [3.63, 3.8) is 0 Å². The van der Waals surface area contributed by atoms with E-state index in [1.54, 1.807) is 0 Å². The Bertz CT molecular complexity index is 740. The summed E-state index contributed by atoms with van der Waals surface area (Å²) in [5, 5.41) is 19.2. The lowest BCUT2D eigenvalue weighted by Crippen LogP contribution is -2.58. The van der Waals surface area contributed by atoms with E-state index in [9.17, 15) is 28.8 Å². The van der Waals surface area contributed by atoms with Crippen molar-refractivity contribution in [2.24, 2.45) is 17.2 Å². The minimum atomic E-state index is -1.66. The summed E-state index contributed by atoms with van der Waals surface area (Å²) >= 11 is 0. The SMILES string of the molecule is NCCCCC(NC(=O)C1CCCN1)C(=O)NC(CC(N)=O)C(=O)NC(CC(N)=O)C(=O)O. The predicted molar refractivity (Wildman–Crippen MR) is 115 cm³/mol. The summed E-state index contributed by atoms with van der Waals surface area (Å²) in [6.45, 7) is 1.06. The number of unbranched alkanes of at least 4 members (excludes halogenated alkanes) is 1. The lowest BCUT2D eigenvalue weighted by molar-refractivity contribution is -0.144. The summed E-state index contributed by atoms with van der Waals surface area (Å²) in [5.74, 6) is -5.59. The van der Waals surface area contributed by atoms with Crippen molar-refractivity contribution in [3.8, 4) is 0 Å². The normalized spacial score (nSPS) is 17.9. The van der Waals surface area contributed by atoms with Crippen molar-refractivity contribution >= 4 is 35.5 Å². The third-order valence-corrected chi connectivity index (χ3v) is 5.01. The second-order valence-corrected chi connectivity index (χ2v) is 7.80. The fourth-order valence-corrected chi connectivity index (χ4v) is 3.30. The van der Waals surface area contributed by atoms with Crippen molar-refractivity contribution in [2.45, 2.75) is 69.1 Å². The Morgan fingerprint density at radius 2 is 1.45 bits per heavy atom. The number of aliphatic carboxylic acids is 1. The van der Waals surface area contributed by atoms with Crippen LogP contribution in [0.1, 0.15) is 44.9 Å². The van der Waals surface area contributed by atoms with Gasteiger partial charge in [0, 0.05) is 0 Å². The van der Waals surface area contributed by atoms with Crippen LogP contribution in [0, 0.1) is 0 Å². The van der Waals surface area contributed by atoms with E-state index in [1.165, 1.54) is 0 Å². The minimum Gasteiger partial charge on any atom is -0.480 e. The smallest absolute Gasteiger partial charge is 0.326 e. The number of primary amides is 2. The molecular weight excluding hydrogens is 438 g/mol. The predicted octanol–water partition coefficient (Wildman–Crippen LogP) is -3.84. The van der Waals surface area contributed by atoms with E-state index in [2.05, 4.69) is 21.3 Å². The largest absolute Gasteiger partial charge is 0.480 e. The highest BCUT2D eigenvalue weighted by molar-refractivity contribution is 5.96. The molecule has 5 amide bonds. The molecule has 4 atom stereocenters. The summed E-state index contributed by atoms with van der Waals surface area (Å²) in [4.78, 5) is 71.7. The molecule has 0 bridgehead atoms. The Morgan fingerprint density at radius 1 is 0.879 bits per heavy atom. The van der Waals surface area contributed by atoms with Crippen LogP contribution >= 0.6 is 0 Å². The van der Waals surface area contributed by atoms with Gasteiger partial charge in [0.1, 0.15) is 18.1 Å². The van der Waals surface area contributed by atoms with Gasteiger partial charge in [-0.05, 0) is 45.2 Å². The monoisotopic (exact) mass is 471 g/mol. The van der Waals surface area contributed by atoms with Gasteiger partial charge in [0.25, 0.3) is 0 Å². The first-order valence-electron chi connectivity index (χ1n) is 10.7. The van der Waals surface area contributed by atoms with Crippen LogP contribution in [-0.2, 0) is 28.8 Å². The molecule has 1 heterocycles. The van der Waals surface area contributed by atoms with Crippen molar-refractivity contribution in [3.05, 3.63) is 0 Å². The molecule has 0 saturated carbocycles. The first-order valence-corrected chi connectivity index (χ1v) is 10.7. The van der Waals surface area contributed by atoms with Crippen molar-refractivity contribution in [2.75, 3.05) is 13.1 Å². The highest BCUT2D eigenvalue weighted by Crippen LogP contribution is 2.08. The van der Waals surface area contributed by atoms with Gasteiger partial charge in [-0.1, -0.05) is 0 Å². The van der Waals surface area contributed by atoms with E-state index in [4.69, 9.17) is 22.3 Å². The Kier molecular flexibility index (Phi) is 11.8. The van der Waals surface area contributed by atoms with Gasteiger partial charge in [-0.15, -0.1) is 0 Å². The number of carbonyl (C=O) groups is 6. The molecule has 14 nitrogen and oxygen atoms in total. The molecule has 1 saturated heterocycles. The lowest BCUT2D eigenvalue weighted by atomic mass is 10.1. The van der Waals surface area contributed by atoms with Crippen LogP contribution in [0.4, 0.5) is 0 Å². The Morgan fingerprint density at radius 3 is 1.97 bits per heavy atom. The summed E-state index contributed by atoms with van der Waals surface area (Å²) in [5.41, 5.74) is 15.6. The Balaban J connectivity index is 2.92. The second-order valence-electron chi connectivity index (χ2n) is 7.80. The van der Waals surface area contributed by atoms with E-state index in [0.717, 1.165) is 6.42 Å². The summed E-state index contributed by atoms with van der Waals surface area (Å²) < 4.78 is 0. The maximum absolute atomic E-state index is 12.9. The van der Waals surface area contributed by atoms with Crippen molar-refractivity contribution in [1.82, 2.24) is 21.3 Å². The van der Waals surface area contributed by atoms with E-state index in [0.29, 0.717) is 32.4 Å². The first-order chi connectivity index (χ1) is 15.5. The lowest BCUT2D eigenvalue weighted by Gasteiger charge is -2.24. The maximum Gasteiger partial charge on any atom is 0.326 e. The molecule has 186 valence electrons. The molecule has 0 aromatic heterocycles. The molecule has 0 radical (unpaired) electrons. The average Bonchev–Trinajstić information content (AvgIpc) is 3.26. The van der Waals surface area contributed by atoms with Crippen molar-refractivity contribution < 1.29 is 33.9 Å². The molecule has 0 aliphatic carbocycles. The molecule has 1 fully saturated rings. The zero-order valence-electron chi connectivity index (χ0n) is 18.3. The van der Waals surface area contributed by atoms with E-state index in [-0.39, 0.29) is 12.3 Å². The van der Waals surface area contributed by atoms with Crippen molar-refractivity contribution in [1.29, 1.82) is 0 Å². The number of hydrogen-bond acceptors (Lipinski definition) is 8. The number of rotatable bonds is 15. The third-order valence-electron chi connectivity index (χ3n) is 5.01. The minimum absolute atomic E-state index is 0.228. The molecule has 4 unspecified atom stereocenters. The molecule has 11 N–H and O–H groups in total. The summed E-state index contributed by atoms with van der Waals surface area (Å²) in [7, 11) is 0. The van der Waals surface area contributed by atoms with Gasteiger partial charge in [-0.2, -0.15) is 0 Å². The fraction of sp³-hybridized carbons (Fsp3) is 0.684. The number of carboxylic acids is 1. The quantitative estimate of drug-likeness (QED) is 0.109. The number of nitrogens with one attached hydrogen (secondary N) is 4. The van der Waals surface area contributed by atoms with Crippen LogP contribution in [-0.4, -0.2) is 77.9 Å². The molecule has 14 heteroatoms. The number of carboxylic acid groups (broad SMARTS) is 1. The van der Waals surface area contributed by atoms with Crippen LogP contribution in [0.5, 0.6) is 0 Å². The van der Waals surface area contributed by atoms with Crippen LogP contribution < -0.4 is 38.5 Å². The molecule has 1 aliphatic rings. The van der Waals surface area contributed by atoms with Gasteiger partial charge in [0.15, 0.2) is 0 Å². The van der Waals surface area contributed by atoms with Crippen LogP contribution in [0.3, 0.4) is 0 Å². The zero-order chi connectivity index (χ0) is 25.0. The maximum atomic E-state index is 12.9. The average molecular weight is 472 g/mol. The van der Waals surface area contributed by atoms with Gasteiger partial charge in [-0.3, -0.25) is 24.0 Å². The molecule has 1 rings (SSSR count). The molecule has 0 spiro atoms. The summed E-state index contributed by atoms with van der Waals surface area (Å²) in [6, 6.07) is -4.64. The highest BCUT2D eigenvalue weighted by atomic mass is 16.4. The number of nitrogens with two attached hydrogens (primary N) is 3. The number of carbonyl (C=O) groups excluding carboxylic acids is 5. The molecule has 0 aromatic rings. The van der Waals surface area contributed by atoms with Gasteiger partial charge >= 0.3 is 5.97 Å². The highest BCUT2D eigenvalue weighted by Gasteiger charge is 2.32. The molecule has 33 heavy (non-hydrogen) atoms. The van der Waals surface area contributed by atoms with Crippen LogP contribution in [0.2, 0.25) is 0 Å². The van der Waals surface area contributed by atoms with E-state index in [1.807, 2.05) is 0 Å². The van der Waals surface area contributed by atoms with Gasteiger partial charge in [0.2, 0.25) is 29.5 Å². The third kappa shape index (κ3) is 10.3. The molecular formula is C19H33N7O7. The Hall–Kier alpha value is -3.26. The van der Waals surface area contributed by atoms with E-state index >= 15 is 0 Å². The Labute approximate surface area is 190 Å². The van der Waals surface area contributed by atoms with Gasteiger partial charge in [0.05, 0.1) is 18.9 Å². The molecule has 1 aliphatic heterocycles. The second kappa shape index (κ2) is 14.0. The van der Waals surface area contributed by atoms with Gasteiger partial charge < -0.3 is 43.6 Å².